The monoisotopic (exact) mass is 336 g/mol. The van der Waals surface area contributed by atoms with Crippen LogP contribution >= 0.6 is 0 Å². The normalized spacial score (nSPS) is 11.8. The van der Waals surface area contributed by atoms with E-state index in [-0.39, 0.29) is 11.8 Å². The van der Waals surface area contributed by atoms with Crippen LogP contribution < -0.4 is 10.1 Å². The number of pyridine rings is 1. The van der Waals surface area contributed by atoms with Gasteiger partial charge in [-0.3, -0.25) is 9.78 Å². The molecular weight excluding hydrogens is 316 g/mol. The zero-order valence-electron chi connectivity index (χ0n) is 14.4. The second-order valence-corrected chi connectivity index (χ2v) is 5.80. The molecule has 0 aliphatic carbocycles. The van der Waals surface area contributed by atoms with Crippen molar-refractivity contribution in [3.05, 3.63) is 66.1 Å². The lowest BCUT2D eigenvalue weighted by molar-refractivity contribution is -0.117. The predicted octanol–water partition coefficient (Wildman–Crippen LogP) is 3.66. The van der Waals surface area contributed by atoms with Gasteiger partial charge in [-0.25, -0.2) is 4.68 Å². The number of rotatable bonds is 5. The molecule has 128 valence electrons. The van der Waals surface area contributed by atoms with Gasteiger partial charge in [0.25, 0.3) is 0 Å². The number of aromatic nitrogens is 3. The minimum absolute atomic E-state index is 0.113. The quantitative estimate of drug-likeness (QED) is 0.772. The Bertz CT molecular complexity index is 860. The van der Waals surface area contributed by atoms with Gasteiger partial charge in [0.15, 0.2) is 0 Å². The molecule has 6 nitrogen and oxygen atoms in total. The van der Waals surface area contributed by atoms with E-state index in [2.05, 4.69) is 15.4 Å². The molecule has 0 aliphatic heterocycles. The Labute approximate surface area is 146 Å². The maximum atomic E-state index is 12.7. The Kier molecular flexibility index (Phi) is 4.79. The third-order valence-corrected chi connectivity index (χ3v) is 3.96. The maximum absolute atomic E-state index is 12.7. The van der Waals surface area contributed by atoms with E-state index in [9.17, 15) is 4.79 Å². The van der Waals surface area contributed by atoms with E-state index in [1.54, 1.807) is 36.3 Å². The number of carbonyl (C=O) groups is 1. The summed E-state index contributed by atoms with van der Waals surface area (Å²) in [6.45, 7) is 3.71. The molecule has 6 heteroatoms. The first-order valence-electron chi connectivity index (χ1n) is 8.03. The Hall–Kier alpha value is -3.15. The van der Waals surface area contributed by atoms with E-state index in [0.29, 0.717) is 23.0 Å². The number of hydrogen-bond donors (Lipinski definition) is 1. The topological polar surface area (TPSA) is 69.0 Å². The molecule has 2 heterocycles. The fourth-order valence-electron chi connectivity index (χ4n) is 2.54. The van der Waals surface area contributed by atoms with E-state index in [0.717, 1.165) is 5.56 Å². The Morgan fingerprint density at radius 3 is 2.64 bits per heavy atom. The predicted molar refractivity (Wildman–Crippen MR) is 95.7 cm³/mol. The maximum Gasteiger partial charge on any atom is 0.241 e. The van der Waals surface area contributed by atoms with Crippen LogP contribution in [0.3, 0.4) is 0 Å². The van der Waals surface area contributed by atoms with Crippen molar-refractivity contribution in [3.63, 3.8) is 0 Å². The average molecular weight is 336 g/mol. The number of aryl methyl sites for hydroxylation is 2. The second kappa shape index (κ2) is 7.17. The molecule has 1 amide bonds. The summed E-state index contributed by atoms with van der Waals surface area (Å²) in [4.78, 5) is 16.7. The van der Waals surface area contributed by atoms with Crippen LogP contribution in [0.15, 0.2) is 54.9 Å². The van der Waals surface area contributed by atoms with Crippen LogP contribution in [0.2, 0.25) is 0 Å². The van der Waals surface area contributed by atoms with Crippen LogP contribution in [-0.4, -0.2) is 20.7 Å². The zero-order valence-corrected chi connectivity index (χ0v) is 14.4. The van der Waals surface area contributed by atoms with Crippen molar-refractivity contribution in [1.29, 1.82) is 0 Å². The number of carbonyl (C=O) groups excluding carboxylic acids is 1. The van der Waals surface area contributed by atoms with Crippen molar-refractivity contribution >= 4 is 11.6 Å². The van der Waals surface area contributed by atoms with Gasteiger partial charge in [-0.05, 0) is 31.5 Å². The Morgan fingerprint density at radius 1 is 1.20 bits per heavy atom. The summed E-state index contributed by atoms with van der Waals surface area (Å²) in [6.07, 6.45) is 3.28. The molecule has 1 N–H and O–H groups in total. The third-order valence-electron chi connectivity index (χ3n) is 3.96. The molecule has 0 spiro atoms. The van der Waals surface area contributed by atoms with Gasteiger partial charge in [0.1, 0.15) is 11.4 Å². The molecule has 1 aromatic carbocycles. The molecule has 0 saturated heterocycles. The van der Waals surface area contributed by atoms with Crippen molar-refractivity contribution < 1.29 is 9.53 Å². The van der Waals surface area contributed by atoms with Gasteiger partial charge in [0, 0.05) is 13.2 Å². The summed E-state index contributed by atoms with van der Waals surface area (Å²) in [6, 6.07) is 13.2. The standard InChI is InChI=1S/C19H20N4O2/c1-13(15-8-5-4-6-9-15)18(24)21-17-14(2)22-23(3)19(17)25-16-10-7-11-20-12-16/h4-13H,1-3H3,(H,21,24)/t13-/m0/s1. The van der Waals surface area contributed by atoms with Crippen LogP contribution in [0.4, 0.5) is 5.69 Å². The second-order valence-electron chi connectivity index (χ2n) is 5.80. The van der Waals surface area contributed by atoms with Crippen molar-refractivity contribution in [3.8, 4) is 11.6 Å². The highest BCUT2D eigenvalue weighted by Crippen LogP contribution is 2.32. The minimum Gasteiger partial charge on any atom is -0.436 e. The lowest BCUT2D eigenvalue weighted by atomic mass is 10.0. The summed E-state index contributed by atoms with van der Waals surface area (Å²) >= 11 is 0. The van der Waals surface area contributed by atoms with Crippen LogP contribution in [0.25, 0.3) is 0 Å². The van der Waals surface area contributed by atoms with Crippen molar-refractivity contribution in [2.75, 3.05) is 5.32 Å². The van der Waals surface area contributed by atoms with Gasteiger partial charge < -0.3 is 10.1 Å². The van der Waals surface area contributed by atoms with Gasteiger partial charge in [-0.1, -0.05) is 30.3 Å². The zero-order chi connectivity index (χ0) is 17.8. The van der Waals surface area contributed by atoms with Crippen molar-refractivity contribution in [2.45, 2.75) is 19.8 Å². The number of hydrogen-bond acceptors (Lipinski definition) is 4. The van der Waals surface area contributed by atoms with E-state index in [1.807, 2.05) is 44.2 Å². The molecule has 25 heavy (non-hydrogen) atoms. The molecule has 0 fully saturated rings. The molecular formula is C19H20N4O2. The van der Waals surface area contributed by atoms with Gasteiger partial charge in [0.2, 0.25) is 11.8 Å². The molecule has 0 unspecified atom stereocenters. The highest BCUT2D eigenvalue weighted by Gasteiger charge is 2.21. The summed E-state index contributed by atoms with van der Waals surface area (Å²) in [7, 11) is 1.77. The van der Waals surface area contributed by atoms with Crippen LogP contribution in [0, 0.1) is 6.92 Å². The number of benzene rings is 1. The molecule has 0 aliphatic rings. The number of ether oxygens (including phenoxy) is 1. The van der Waals surface area contributed by atoms with Gasteiger partial charge in [-0.15, -0.1) is 0 Å². The molecule has 2 aromatic heterocycles. The fraction of sp³-hybridized carbons (Fsp3) is 0.211. The first-order chi connectivity index (χ1) is 12.1. The van der Waals surface area contributed by atoms with Crippen molar-refractivity contribution in [2.24, 2.45) is 7.05 Å². The molecule has 0 bridgehead atoms. The highest BCUT2D eigenvalue weighted by molar-refractivity contribution is 5.97. The Morgan fingerprint density at radius 2 is 1.96 bits per heavy atom. The minimum atomic E-state index is -0.285. The molecule has 3 rings (SSSR count). The SMILES string of the molecule is Cc1nn(C)c(Oc2cccnc2)c1NC(=O)[C@@H](C)c1ccccc1. The van der Waals surface area contributed by atoms with Gasteiger partial charge >= 0.3 is 0 Å². The number of nitrogens with zero attached hydrogens (tertiary/aromatic N) is 3. The highest BCUT2D eigenvalue weighted by atomic mass is 16.5. The smallest absolute Gasteiger partial charge is 0.241 e. The molecule has 0 saturated carbocycles. The first kappa shape index (κ1) is 16.7. The van der Waals surface area contributed by atoms with E-state index in [1.165, 1.54) is 0 Å². The van der Waals surface area contributed by atoms with E-state index in [4.69, 9.17) is 4.74 Å². The summed E-state index contributed by atoms with van der Waals surface area (Å²) in [5, 5.41) is 7.30. The summed E-state index contributed by atoms with van der Waals surface area (Å²) in [5.74, 6) is 0.654. The summed E-state index contributed by atoms with van der Waals surface area (Å²) < 4.78 is 7.47. The van der Waals surface area contributed by atoms with Crippen molar-refractivity contribution in [1.82, 2.24) is 14.8 Å². The van der Waals surface area contributed by atoms with Crippen LogP contribution in [-0.2, 0) is 11.8 Å². The summed E-state index contributed by atoms with van der Waals surface area (Å²) in [5.41, 5.74) is 2.21. The van der Waals surface area contributed by atoms with Gasteiger partial charge in [-0.2, -0.15) is 5.10 Å². The lowest BCUT2D eigenvalue weighted by Crippen LogP contribution is -2.19. The number of amides is 1. The molecule has 0 radical (unpaired) electrons. The first-order valence-corrected chi connectivity index (χ1v) is 8.03. The van der Waals surface area contributed by atoms with E-state index < -0.39 is 0 Å². The third kappa shape index (κ3) is 3.68. The lowest BCUT2D eigenvalue weighted by Gasteiger charge is -2.14. The largest absolute Gasteiger partial charge is 0.436 e. The molecule has 3 aromatic rings. The molecule has 1 atom stereocenters. The Balaban J connectivity index is 1.84. The van der Waals surface area contributed by atoms with E-state index >= 15 is 0 Å². The van der Waals surface area contributed by atoms with Crippen LogP contribution in [0.5, 0.6) is 11.6 Å². The fourth-order valence-corrected chi connectivity index (χ4v) is 2.54. The van der Waals surface area contributed by atoms with Gasteiger partial charge in [0.05, 0.1) is 17.8 Å². The number of nitrogens with one attached hydrogen (secondary N) is 1. The number of anilines is 1. The average Bonchev–Trinajstić information content (AvgIpc) is 2.89. The van der Waals surface area contributed by atoms with Crippen LogP contribution in [0.1, 0.15) is 24.1 Å².